The third kappa shape index (κ3) is 5.64. The normalized spacial score (nSPS) is 17.4. The van der Waals surface area contributed by atoms with Crippen molar-refractivity contribution in [2.75, 3.05) is 0 Å². The molecule has 26 heavy (non-hydrogen) atoms. The van der Waals surface area contributed by atoms with Crippen molar-refractivity contribution in [3.63, 3.8) is 0 Å². The van der Waals surface area contributed by atoms with Crippen LogP contribution in [0.4, 0.5) is 5.69 Å². The van der Waals surface area contributed by atoms with Crippen molar-refractivity contribution < 1.29 is 13.3 Å². The zero-order valence-electron chi connectivity index (χ0n) is 15.3. The molecular weight excluding hydrogens is 352 g/mol. The Kier molecular flexibility index (Phi) is 7.78. The van der Waals surface area contributed by atoms with E-state index in [1.54, 1.807) is 0 Å². The molecule has 0 spiro atoms. The van der Waals surface area contributed by atoms with Gasteiger partial charge in [0.1, 0.15) is 0 Å². The lowest BCUT2D eigenvalue weighted by Crippen LogP contribution is -2.41. The molecule has 0 amide bonds. The molecule has 0 aliphatic heterocycles. The standard InChI is InChI=1S/C19H28N2O4S/c1-2-3-4-8-13-17(16-11-6-5-7-12-16)20-26(24,25)19-15-10-9-14-18(19)21(22)23/h4,8-10,14-17,20H,2-3,5-7,11-13H2,1H3/b8-4+. The Balaban J connectivity index is 2.23. The monoisotopic (exact) mass is 380 g/mol. The summed E-state index contributed by atoms with van der Waals surface area (Å²) in [6.45, 7) is 2.10. The van der Waals surface area contributed by atoms with Crippen molar-refractivity contribution in [3.8, 4) is 0 Å². The minimum atomic E-state index is -3.95. The summed E-state index contributed by atoms with van der Waals surface area (Å²) in [5, 5.41) is 11.2. The topological polar surface area (TPSA) is 89.3 Å². The first-order valence-corrected chi connectivity index (χ1v) is 10.8. The number of benzene rings is 1. The third-order valence-corrected chi connectivity index (χ3v) is 6.43. The van der Waals surface area contributed by atoms with Gasteiger partial charge in [0.05, 0.1) is 4.92 Å². The maximum Gasteiger partial charge on any atom is 0.289 e. The van der Waals surface area contributed by atoms with E-state index in [1.165, 1.54) is 30.7 Å². The van der Waals surface area contributed by atoms with Crippen molar-refractivity contribution in [3.05, 3.63) is 46.5 Å². The number of nitrogens with zero attached hydrogens (tertiary/aromatic N) is 1. The van der Waals surface area contributed by atoms with Gasteiger partial charge in [0.2, 0.25) is 10.0 Å². The predicted molar refractivity (Wildman–Crippen MR) is 102 cm³/mol. The number of nitro benzene ring substituents is 1. The van der Waals surface area contributed by atoms with Crippen molar-refractivity contribution in [1.29, 1.82) is 0 Å². The van der Waals surface area contributed by atoms with Crippen molar-refractivity contribution >= 4 is 15.7 Å². The van der Waals surface area contributed by atoms with E-state index in [1.807, 2.05) is 6.08 Å². The fourth-order valence-corrected chi connectivity index (χ4v) is 4.99. The molecule has 1 aliphatic carbocycles. The maximum absolute atomic E-state index is 12.9. The maximum atomic E-state index is 12.9. The van der Waals surface area contributed by atoms with Crippen LogP contribution in [0, 0.1) is 16.0 Å². The fourth-order valence-electron chi connectivity index (χ4n) is 3.50. The molecule has 6 nitrogen and oxygen atoms in total. The quantitative estimate of drug-likeness (QED) is 0.386. The van der Waals surface area contributed by atoms with Crippen molar-refractivity contribution in [2.45, 2.75) is 69.2 Å². The third-order valence-electron chi connectivity index (χ3n) is 4.89. The van der Waals surface area contributed by atoms with Crippen LogP contribution in [0.15, 0.2) is 41.3 Å². The highest BCUT2D eigenvalue weighted by Gasteiger charge is 2.31. The first kappa shape index (κ1) is 20.6. The molecule has 1 aromatic carbocycles. The Hall–Kier alpha value is -1.73. The van der Waals surface area contributed by atoms with Gasteiger partial charge in [-0.25, -0.2) is 13.1 Å². The van der Waals surface area contributed by atoms with Gasteiger partial charge in [-0.05, 0) is 37.7 Å². The van der Waals surface area contributed by atoms with Gasteiger partial charge in [0.25, 0.3) is 5.69 Å². The van der Waals surface area contributed by atoms with E-state index < -0.39 is 14.9 Å². The Bertz CT molecular complexity index is 725. The van der Waals surface area contributed by atoms with E-state index in [2.05, 4.69) is 17.7 Å². The highest BCUT2D eigenvalue weighted by atomic mass is 32.2. The first-order valence-electron chi connectivity index (χ1n) is 9.36. The van der Waals surface area contributed by atoms with Crippen molar-refractivity contribution in [2.24, 2.45) is 5.92 Å². The van der Waals surface area contributed by atoms with Crippen LogP contribution < -0.4 is 4.72 Å². The van der Waals surface area contributed by atoms with Crippen LogP contribution in [0.2, 0.25) is 0 Å². The lowest BCUT2D eigenvalue weighted by Gasteiger charge is -2.30. The lowest BCUT2D eigenvalue weighted by atomic mass is 9.83. The number of nitro groups is 1. The van der Waals surface area contributed by atoms with Crippen LogP contribution in [0.3, 0.4) is 0 Å². The average molecular weight is 381 g/mol. The van der Waals surface area contributed by atoms with Crippen LogP contribution >= 0.6 is 0 Å². The zero-order valence-corrected chi connectivity index (χ0v) is 16.1. The van der Waals surface area contributed by atoms with E-state index in [9.17, 15) is 18.5 Å². The highest BCUT2D eigenvalue weighted by Crippen LogP contribution is 2.30. The van der Waals surface area contributed by atoms with E-state index in [0.29, 0.717) is 6.42 Å². The minimum Gasteiger partial charge on any atom is -0.258 e. The Morgan fingerprint density at radius 1 is 1.23 bits per heavy atom. The molecule has 1 N–H and O–H groups in total. The molecule has 2 rings (SSSR count). The molecule has 1 fully saturated rings. The number of unbranched alkanes of at least 4 members (excludes halogenated alkanes) is 1. The number of hydrogen-bond donors (Lipinski definition) is 1. The van der Waals surface area contributed by atoms with Crippen molar-refractivity contribution in [1.82, 2.24) is 4.72 Å². The summed E-state index contributed by atoms with van der Waals surface area (Å²) in [4.78, 5) is 10.3. The molecule has 1 aliphatic rings. The molecule has 7 heteroatoms. The summed E-state index contributed by atoms with van der Waals surface area (Å²) in [6, 6.07) is 5.28. The van der Waals surface area contributed by atoms with E-state index in [0.717, 1.165) is 38.5 Å². The molecule has 0 heterocycles. The summed E-state index contributed by atoms with van der Waals surface area (Å²) in [7, 11) is -3.95. The molecular formula is C19H28N2O4S. The van der Waals surface area contributed by atoms with Gasteiger partial charge in [0.15, 0.2) is 4.90 Å². The highest BCUT2D eigenvalue weighted by molar-refractivity contribution is 7.89. The van der Waals surface area contributed by atoms with Gasteiger partial charge in [-0.15, -0.1) is 0 Å². The molecule has 0 radical (unpaired) electrons. The molecule has 144 valence electrons. The Morgan fingerprint density at radius 2 is 1.92 bits per heavy atom. The first-order chi connectivity index (χ1) is 12.5. The summed E-state index contributed by atoms with van der Waals surface area (Å²) in [6.07, 6.45) is 12.1. The van der Waals surface area contributed by atoms with Gasteiger partial charge in [-0.3, -0.25) is 10.1 Å². The second-order valence-corrected chi connectivity index (χ2v) is 8.53. The summed E-state index contributed by atoms with van der Waals surface area (Å²) in [5.41, 5.74) is -0.385. The van der Waals surface area contributed by atoms with E-state index >= 15 is 0 Å². The lowest BCUT2D eigenvalue weighted by molar-refractivity contribution is -0.387. The van der Waals surface area contributed by atoms with Crippen LogP contribution in [-0.4, -0.2) is 19.4 Å². The number of allylic oxidation sites excluding steroid dienone is 1. The molecule has 0 saturated heterocycles. The summed E-state index contributed by atoms with van der Waals surface area (Å²) >= 11 is 0. The van der Waals surface area contributed by atoms with Crippen LogP contribution in [0.5, 0.6) is 0 Å². The van der Waals surface area contributed by atoms with E-state index in [4.69, 9.17) is 0 Å². The molecule has 1 aromatic rings. The van der Waals surface area contributed by atoms with Gasteiger partial charge >= 0.3 is 0 Å². The Morgan fingerprint density at radius 3 is 2.58 bits per heavy atom. The number of rotatable bonds is 9. The second-order valence-electron chi connectivity index (χ2n) is 6.85. The smallest absolute Gasteiger partial charge is 0.258 e. The summed E-state index contributed by atoms with van der Waals surface area (Å²) in [5.74, 6) is 0.271. The number of sulfonamides is 1. The molecule has 1 atom stereocenters. The zero-order chi connectivity index (χ0) is 19.0. The van der Waals surface area contributed by atoms with E-state index in [-0.39, 0.29) is 22.5 Å². The van der Waals surface area contributed by atoms with Gasteiger partial charge < -0.3 is 0 Å². The van der Waals surface area contributed by atoms with Gasteiger partial charge in [-0.1, -0.05) is 56.9 Å². The SMILES string of the molecule is CCC/C=C/CC(NS(=O)(=O)c1ccccc1[N+](=O)[O-])C1CCCCC1. The predicted octanol–water partition coefficient (Wildman–Crippen LogP) is 4.57. The average Bonchev–Trinajstić information content (AvgIpc) is 2.65. The minimum absolute atomic E-state index is 0.229. The second kappa shape index (κ2) is 9.83. The number of hydrogen-bond acceptors (Lipinski definition) is 4. The van der Waals surface area contributed by atoms with Gasteiger partial charge in [0, 0.05) is 12.1 Å². The van der Waals surface area contributed by atoms with Crippen LogP contribution in [0.1, 0.15) is 58.3 Å². The molecule has 1 saturated carbocycles. The molecule has 1 unspecified atom stereocenters. The number of nitrogens with one attached hydrogen (secondary N) is 1. The molecule has 0 aromatic heterocycles. The number of para-hydroxylation sites is 1. The summed E-state index contributed by atoms with van der Waals surface area (Å²) < 4.78 is 28.5. The van der Waals surface area contributed by atoms with Crippen LogP contribution in [-0.2, 0) is 10.0 Å². The Labute approximate surface area is 155 Å². The largest absolute Gasteiger partial charge is 0.289 e. The molecule has 0 bridgehead atoms. The van der Waals surface area contributed by atoms with Crippen LogP contribution in [0.25, 0.3) is 0 Å². The van der Waals surface area contributed by atoms with Gasteiger partial charge in [-0.2, -0.15) is 0 Å². The fraction of sp³-hybridized carbons (Fsp3) is 0.579.